The molecule has 0 unspecified atom stereocenters. The monoisotopic (exact) mass is 183 g/mol. The summed E-state index contributed by atoms with van der Waals surface area (Å²) in [5.74, 6) is 0.622. The molecule has 1 rings (SSSR count). The van der Waals surface area contributed by atoms with Crippen molar-refractivity contribution in [1.82, 2.24) is 9.78 Å². The smallest absolute Gasteiger partial charge is 0.148 e. The highest BCUT2D eigenvalue weighted by atomic mass is 16.5. The zero-order chi connectivity index (χ0) is 9.68. The molecule has 0 saturated carbocycles. The van der Waals surface area contributed by atoms with Crippen LogP contribution in [-0.4, -0.2) is 23.0 Å². The number of nitrogens with two attached hydrogens (primary N) is 1. The van der Waals surface area contributed by atoms with Gasteiger partial charge in [-0.05, 0) is 20.3 Å². The van der Waals surface area contributed by atoms with E-state index >= 15 is 0 Å². The highest BCUT2D eigenvalue weighted by Crippen LogP contribution is 2.06. The molecule has 0 amide bonds. The minimum Gasteiger partial charge on any atom is -0.382 e. The standard InChI is InChI=1S/C9H17N3O/c1-3-13-6-4-5-12-7-8(2)9(10)11-12/h7H,3-6H2,1-2H3,(H2,10,11). The van der Waals surface area contributed by atoms with Crippen LogP contribution in [0.2, 0.25) is 0 Å². The van der Waals surface area contributed by atoms with Gasteiger partial charge >= 0.3 is 0 Å². The van der Waals surface area contributed by atoms with Crippen LogP contribution in [0.1, 0.15) is 18.9 Å². The Labute approximate surface area is 78.7 Å². The number of hydrogen-bond donors (Lipinski definition) is 1. The van der Waals surface area contributed by atoms with E-state index in [0.717, 1.165) is 31.7 Å². The summed E-state index contributed by atoms with van der Waals surface area (Å²) in [5.41, 5.74) is 6.65. The van der Waals surface area contributed by atoms with Crippen molar-refractivity contribution in [2.24, 2.45) is 0 Å². The zero-order valence-electron chi connectivity index (χ0n) is 8.29. The summed E-state index contributed by atoms with van der Waals surface area (Å²) in [6.07, 6.45) is 2.94. The zero-order valence-corrected chi connectivity index (χ0v) is 8.29. The molecule has 4 nitrogen and oxygen atoms in total. The van der Waals surface area contributed by atoms with Crippen molar-refractivity contribution < 1.29 is 4.74 Å². The van der Waals surface area contributed by atoms with Crippen LogP contribution in [0.15, 0.2) is 6.20 Å². The third-order valence-electron chi connectivity index (χ3n) is 1.86. The molecule has 2 N–H and O–H groups in total. The number of nitrogen functional groups attached to an aromatic ring is 1. The summed E-state index contributed by atoms with van der Waals surface area (Å²) in [4.78, 5) is 0. The molecule has 0 aliphatic heterocycles. The lowest BCUT2D eigenvalue weighted by atomic mass is 10.4. The molecule has 13 heavy (non-hydrogen) atoms. The molecular weight excluding hydrogens is 166 g/mol. The topological polar surface area (TPSA) is 53.1 Å². The molecule has 0 atom stereocenters. The lowest BCUT2D eigenvalue weighted by molar-refractivity contribution is 0.141. The second-order valence-corrected chi connectivity index (χ2v) is 3.01. The number of hydrogen-bond acceptors (Lipinski definition) is 3. The first-order chi connectivity index (χ1) is 6.24. The first-order valence-electron chi connectivity index (χ1n) is 4.61. The van der Waals surface area contributed by atoms with E-state index < -0.39 is 0 Å². The van der Waals surface area contributed by atoms with Gasteiger partial charge in [0.1, 0.15) is 5.82 Å². The number of rotatable bonds is 5. The van der Waals surface area contributed by atoms with Gasteiger partial charge in [-0.1, -0.05) is 0 Å². The van der Waals surface area contributed by atoms with Crippen LogP contribution in [0.25, 0.3) is 0 Å². The van der Waals surface area contributed by atoms with Crippen LogP contribution in [0.5, 0.6) is 0 Å². The van der Waals surface area contributed by atoms with Gasteiger partial charge in [0.05, 0.1) is 0 Å². The quantitative estimate of drug-likeness (QED) is 0.698. The molecule has 0 saturated heterocycles. The van der Waals surface area contributed by atoms with E-state index in [2.05, 4.69) is 5.10 Å². The Hall–Kier alpha value is -1.03. The van der Waals surface area contributed by atoms with Crippen molar-refractivity contribution in [2.45, 2.75) is 26.8 Å². The molecule has 0 radical (unpaired) electrons. The van der Waals surface area contributed by atoms with E-state index in [4.69, 9.17) is 10.5 Å². The van der Waals surface area contributed by atoms with Gasteiger partial charge in [0.15, 0.2) is 0 Å². The van der Waals surface area contributed by atoms with Crippen molar-refractivity contribution >= 4 is 5.82 Å². The van der Waals surface area contributed by atoms with Crippen LogP contribution in [0.3, 0.4) is 0 Å². The molecule has 1 aromatic rings. The van der Waals surface area contributed by atoms with Crippen LogP contribution in [0, 0.1) is 6.92 Å². The summed E-state index contributed by atoms with van der Waals surface area (Å²) < 4.78 is 7.08. The van der Waals surface area contributed by atoms with Gasteiger partial charge in [0.2, 0.25) is 0 Å². The largest absolute Gasteiger partial charge is 0.382 e. The number of aromatic nitrogens is 2. The fourth-order valence-corrected chi connectivity index (χ4v) is 1.12. The highest BCUT2D eigenvalue weighted by molar-refractivity contribution is 5.35. The maximum atomic E-state index is 5.61. The average molecular weight is 183 g/mol. The minimum atomic E-state index is 0.622. The molecule has 1 aromatic heterocycles. The molecule has 0 spiro atoms. The predicted molar refractivity (Wildman–Crippen MR) is 52.5 cm³/mol. The van der Waals surface area contributed by atoms with Gasteiger partial charge < -0.3 is 10.5 Å². The Morgan fingerprint density at radius 1 is 1.62 bits per heavy atom. The maximum Gasteiger partial charge on any atom is 0.148 e. The van der Waals surface area contributed by atoms with E-state index in [-0.39, 0.29) is 0 Å². The molecule has 0 fully saturated rings. The summed E-state index contributed by atoms with van der Waals surface area (Å²) in [7, 11) is 0. The number of anilines is 1. The predicted octanol–water partition coefficient (Wildman–Crippen LogP) is 1.20. The van der Waals surface area contributed by atoms with E-state index in [1.54, 1.807) is 0 Å². The van der Waals surface area contributed by atoms with E-state index in [1.807, 2.05) is 24.7 Å². The van der Waals surface area contributed by atoms with Crippen LogP contribution in [-0.2, 0) is 11.3 Å². The van der Waals surface area contributed by atoms with Gasteiger partial charge in [-0.2, -0.15) is 5.10 Å². The molecule has 0 aliphatic carbocycles. The van der Waals surface area contributed by atoms with Crippen molar-refractivity contribution in [3.05, 3.63) is 11.8 Å². The van der Waals surface area contributed by atoms with Crippen LogP contribution >= 0.6 is 0 Å². The van der Waals surface area contributed by atoms with Gasteiger partial charge in [-0.15, -0.1) is 0 Å². The van der Waals surface area contributed by atoms with Gasteiger partial charge in [-0.3, -0.25) is 4.68 Å². The van der Waals surface area contributed by atoms with E-state index in [0.29, 0.717) is 5.82 Å². The first-order valence-corrected chi connectivity index (χ1v) is 4.61. The van der Waals surface area contributed by atoms with Gasteiger partial charge in [-0.25, -0.2) is 0 Å². The average Bonchev–Trinajstić information content (AvgIpc) is 2.41. The third-order valence-corrected chi connectivity index (χ3v) is 1.86. The molecule has 1 heterocycles. The Kier molecular flexibility index (Phi) is 3.76. The van der Waals surface area contributed by atoms with Gasteiger partial charge in [0, 0.05) is 31.5 Å². The van der Waals surface area contributed by atoms with Crippen molar-refractivity contribution in [2.75, 3.05) is 18.9 Å². The normalized spacial score (nSPS) is 10.6. The molecule has 0 aromatic carbocycles. The van der Waals surface area contributed by atoms with Crippen molar-refractivity contribution in [3.63, 3.8) is 0 Å². The number of ether oxygens (including phenoxy) is 1. The Balaban J connectivity index is 2.29. The lowest BCUT2D eigenvalue weighted by Crippen LogP contribution is -2.03. The maximum absolute atomic E-state index is 5.61. The van der Waals surface area contributed by atoms with E-state index in [9.17, 15) is 0 Å². The van der Waals surface area contributed by atoms with E-state index in [1.165, 1.54) is 0 Å². The minimum absolute atomic E-state index is 0.622. The summed E-state index contributed by atoms with van der Waals surface area (Å²) in [6.45, 7) is 6.39. The molecule has 4 heteroatoms. The third kappa shape index (κ3) is 3.06. The SMILES string of the molecule is CCOCCCn1cc(C)c(N)n1. The summed E-state index contributed by atoms with van der Waals surface area (Å²) in [5, 5.41) is 4.15. The molecule has 74 valence electrons. The summed E-state index contributed by atoms with van der Waals surface area (Å²) >= 11 is 0. The first kappa shape index (κ1) is 10.1. The fraction of sp³-hybridized carbons (Fsp3) is 0.667. The lowest BCUT2D eigenvalue weighted by Gasteiger charge is -2.01. The molecule has 0 bridgehead atoms. The Morgan fingerprint density at radius 2 is 2.38 bits per heavy atom. The van der Waals surface area contributed by atoms with Gasteiger partial charge in [0.25, 0.3) is 0 Å². The Morgan fingerprint density at radius 3 is 2.92 bits per heavy atom. The number of aryl methyl sites for hydroxylation is 2. The van der Waals surface area contributed by atoms with Crippen molar-refractivity contribution in [1.29, 1.82) is 0 Å². The Bertz CT molecular complexity index is 238. The summed E-state index contributed by atoms with van der Waals surface area (Å²) in [6, 6.07) is 0. The second-order valence-electron chi connectivity index (χ2n) is 3.01. The van der Waals surface area contributed by atoms with Crippen LogP contribution in [0.4, 0.5) is 5.82 Å². The van der Waals surface area contributed by atoms with Crippen molar-refractivity contribution in [3.8, 4) is 0 Å². The molecular formula is C9H17N3O. The van der Waals surface area contributed by atoms with Crippen LogP contribution < -0.4 is 5.73 Å². The fourth-order valence-electron chi connectivity index (χ4n) is 1.12. The highest BCUT2D eigenvalue weighted by Gasteiger charge is 1.99. The number of nitrogens with zero attached hydrogens (tertiary/aromatic N) is 2. The second kappa shape index (κ2) is 4.87. The molecule has 0 aliphatic rings.